The predicted molar refractivity (Wildman–Crippen MR) is 76.8 cm³/mol. The molecule has 0 aliphatic heterocycles. The first-order valence-electron chi connectivity index (χ1n) is 6.31. The van der Waals surface area contributed by atoms with Gasteiger partial charge < -0.3 is 5.32 Å². The molecule has 0 aliphatic carbocycles. The molecule has 0 spiro atoms. The second-order valence-corrected chi connectivity index (χ2v) is 4.50. The molecular formula is C15H11N5O. The number of nitriles is 1. The van der Waals surface area contributed by atoms with Gasteiger partial charge in [-0.3, -0.25) is 9.20 Å². The van der Waals surface area contributed by atoms with Crippen LogP contribution < -0.4 is 5.32 Å². The number of rotatable bonds is 2. The Bertz CT molecular complexity index is 875. The van der Waals surface area contributed by atoms with Gasteiger partial charge >= 0.3 is 0 Å². The summed E-state index contributed by atoms with van der Waals surface area (Å²) in [4.78, 5) is 12.3. The summed E-state index contributed by atoms with van der Waals surface area (Å²) in [7, 11) is 0. The van der Waals surface area contributed by atoms with E-state index in [4.69, 9.17) is 5.26 Å². The van der Waals surface area contributed by atoms with E-state index in [1.54, 1.807) is 47.0 Å². The monoisotopic (exact) mass is 277 g/mol. The Kier molecular flexibility index (Phi) is 3.09. The van der Waals surface area contributed by atoms with Gasteiger partial charge in [0, 0.05) is 11.8 Å². The smallest absolute Gasteiger partial charge is 0.255 e. The standard InChI is InChI=1S/C15H11N5O/c1-10-18-19-14-8-11(6-7-20(10)14)15(21)17-13-5-3-2-4-12(13)9-16/h2-8H,1H3,(H,17,21). The highest BCUT2D eigenvalue weighted by atomic mass is 16.1. The number of fused-ring (bicyclic) bond motifs is 1. The van der Waals surface area contributed by atoms with Crippen LogP contribution in [0, 0.1) is 18.3 Å². The fraction of sp³-hybridized carbons (Fsp3) is 0.0667. The van der Waals surface area contributed by atoms with E-state index in [1.165, 1.54) is 0 Å². The highest BCUT2D eigenvalue weighted by molar-refractivity contribution is 6.05. The van der Waals surface area contributed by atoms with Gasteiger partial charge in [0.25, 0.3) is 5.91 Å². The van der Waals surface area contributed by atoms with Crippen LogP contribution in [0.15, 0.2) is 42.6 Å². The Morgan fingerprint density at radius 2 is 2.10 bits per heavy atom. The maximum atomic E-state index is 12.3. The molecule has 1 amide bonds. The molecule has 1 aromatic carbocycles. The number of hydrogen-bond donors (Lipinski definition) is 1. The molecular weight excluding hydrogens is 266 g/mol. The van der Waals surface area contributed by atoms with Gasteiger partial charge in [-0.15, -0.1) is 10.2 Å². The van der Waals surface area contributed by atoms with Crippen molar-refractivity contribution in [2.45, 2.75) is 6.92 Å². The van der Waals surface area contributed by atoms with Crippen LogP contribution in [0.25, 0.3) is 5.65 Å². The van der Waals surface area contributed by atoms with Crippen LogP contribution in [-0.4, -0.2) is 20.5 Å². The molecule has 0 radical (unpaired) electrons. The molecule has 6 nitrogen and oxygen atoms in total. The normalized spacial score (nSPS) is 10.3. The Hall–Kier alpha value is -3.20. The van der Waals surface area contributed by atoms with E-state index in [1.807, 2.05) is 13.0 Å². The van der Waals surface area contributed by atoms with Crippen molar-refractivity contribution in [3.63, 3.8) is 0 Å². The van der Waals surface area contributed by atoms with E-state index in [0.717, 1.165) is 5.82 Å². The van der Waals surface area contributed by atoms with Crippen molar-refractivity contribution in [3.8, 4) is 6.07 Å². The van der Waals surface area contributed by atoms with Crippen LogP contribution in [0.5, 0.6) is 0 Å². The minimum atomic E-state index is -0.291. The highest BCUT2D eigenvalue weighted by Crippen LogP contribution is 2.15. The first kappa shape index (κ1) is 12.8. The maximum Gasteiger partial charge on any atom is 0.255 e. The molecule has 102 valence electrons. The topological polar surface area (TPSA) is 83.1 Å². The molecule has 3 aromatic rings. The third kappa shape index (κ3) is 2.32. The van der Waals surface area contributed by atoms with Crippen LogP contribution in [0.1, 0.15) is 21.7 Å². The van der Waals surface area contributed by atoms with Gasteiger partial charge in [0.05, 0.1) is 11.3 Å². The molecule has 3 rings (SSSR count). The van der Waals surface area contributed by atoms with Crippen molar-refractivity contribution in [2.24, 2.45) is 0 Å². The molecule has 21 heavy (non-hydrogen) atoms. The average molecular weight is 277 g/mol. The van der Waals surface area contributed by atoms with Gasteiger partial charge in [-0.05, 0) is 31.2 Å². The number of anilines is 1. The van der Waals surface area contributed by atoms with Crippen molar-refractivity contribution in [1.29, 1.82) is 5.26 Å². The van der Waals surface area contributed by atoms with Crippen molar-refractivity contribution in [2.75, 3.05) is 5.32 Å². The molecule has 6 heteroatoms. The van der Waals surface area contributed by atoms with Crippen LogP contribution >= 0.6 is 0 Å². The lowest BCUT2D eigenvalue weighted by Crippen LogP contribution is -2.13. The summed E-state index contributed by atoms with van der Waals surface area (Å²) in [5.74, 6) is 0.465. The quantitative estimate of drug-likeness (QED) is 0.778. The van der Waals surface area contributed by atoms with Gasteiger partial charge in [0.1, 0.15) is 11.9 Å². The van der Waals surface area contributed by atoms with E-state index in [-0.39, 0.29) is 5.91 Å². The summed E-state index contributed by atoms with van der Waals surface area (Å²) in [5.41, 5.74) is 1.98. The molecule has 0 unspecified atom stereocenters. The fourth-order valence-corrected chi connectivity index (χ4v) is 2.04. The van der Waals surface area contributed by atoms with Crippen molar-refractivity contribution >= 4 is 17.2 Å². The number of amides is 1. The third-order valence-electron chi connectivity index (χ3n) is 3.14. The van der Waals surface area contributed by atoms with Crippen molar-refractivity contribution < 1.29 is 4.79 Å². The lowest BCUT2D eigenvalue weighted by Gasteiger charge is -2.07. The average Bonchev–Trinajstić information content (AvgIpc) is 2.88. The molecule has 0 saturated heterocycles. The van der Waals surface area contributed by atoms with Crippen LogP contribution in [-0.2, 0) is 0 Å². The highest BCUT2D eigenvalue weighted by Gasteiger charge is 2.10. The van der Waals surface area contributed by atoms with E-state index in [2.05, 4.69) is 15.5 Å². The summed E-state index contributed by atoms with van der Waals surface area (Å²) in [6.45, 7) is 1.84. The van der Waals surface area contributed by atoms with E-state index >= 15 is 0 Å². The summed E-state index contributed by atoms with van der Waals surface area (Å²) in [5, 5.41) is 19.7. The number of carbonyl (C=O) groups excluding carboxylic acids is 1. The Labute approximate surface area is 120 Å². The minimum absolute atomic E-state index is 0.291. The summed E-state index contributed by atoms with van der Waals surface area (Å²) in [6, 6.07) is 12.2. The Morgan fingerprint density at radius 1 is 1.29 bits per heavy atom. The molecule has 0 atom stereocenters. The molecule has 2 aromatic heterocycles. The summed E-state index contributed by atoms with van der Waals surface area (Å²) < 4.78 is 1.79. The number of para-hydroxylation sites is 1. The number of nitrogens with zero attached hydrogens (tertiary/aromatic N) is 4. The van der Waals surface area contributed by atoms with Crippen molar-refractivity contribution in [1.82, 2.24) is 14.6 Å². The second kappa shape index (κ2) is 5.06. The lowest BCUT2D eigenvalue weighted by molar-refractivity contribution is 0.102. The van der Waals surface area contributed by atoms with Gasteiger partial charge in [-0.1, -0.05) is 12.1 Å². The van der Waals surface area contributed by atoms with Crippen LogP contribution in [0.4, 0.5) is 5.69 Å². The van der Waals surface area contributed by atoms with Crippen LogP contribution in [0.3, 0.4) is 0 Å². The number of aromatic nitrogens is 3. The number of hydrogen-bond acceptors (Lipinski definition) is 4. The SMILES string of the molecule is Cc1nnc2cc(C(=O)Nc3ccccc3C#N)ccn12. The summed E-state index contributed by atoms with van der Waals surface area (Å²) >= 11 is 0. The Balaban J connectivity index is 1.92. The second-order valence-electron chi connectivity index (χ2n) is 4.50. The van der Waals surface area contributed by atoms with E-state index < -0.39 is 0 Å². The fourth-order valence-electron chi connectivity index (χ4n) is 2.04. The van der Waals surface area contributed by atoms with E-state index in [0.29, 0.717) is 22.5 Å². The molecule has 0 saturated carbocycles. The lowest BCUT2D eigenvalue weighted by atomic mass is 10.2. The zero-order valence-electron chi connectivity index (χ0n) is 11.2. The number of benzene rings is 1. The molecule has 2 heterocycles. The van der Waals surface area contributed by atoms with Crippen molar-refractivity contribution in [3.05, 3.63) is 59.5 Å². The third-order valence-corrected chi connectivity index (χ3v) is 3.14. The first-order valence-corrected chi connectivity index (χ1v) is 6.31. The first-order chi connectivity index (χ1) is 10.2. The molecule has 1 N–H and O–H groups in total. The minimum Gasteiger partial charge on any atom is -0.321 e. The number of nitrogens with one attached hydrogen (secondary N) is 1. The van der Waals surface area contributed by atoms with E-state index in [9.17, 15) is 4.79 Å². The predicted octanol–water partition coefficient (Wildman–Crippen LogP) is 2.16. The molecule has 0 fully saturated rings. The zero-order valence-corrected chi connectivity index (χ0v) is 11.2. The number of pyridine rings is 1. The summed E-state index contributed by atoms with van der Waals surface area (Å²) in [6.07, 6.45) is 1.75. The number of carbonyl (C=O) groups is 1. The molecule has 0 aliphatic rings. The van der Waals surface area contributed by atoms with Crippen LogP contribution in [0.2, 0.25) is 0 Å². The largest absolute Gasteiger partial charge is 0.321 e. The van der Waals surface area contributed by atoms with Gasteiger partial charge in [0.15, 0.2) is 5.65 Å². The molecule has 0 bridgehead atoms. The Morgan fingerprint density at radius 3 is 2.90 bits per heavy atom. The van der Waals surface area contributed by atoms with Gasteiger partial charge in [-0.2, -0.15) is 5.26 Å². The van der Waals surface area contributed by atoms with Gasteiger partial charge in [0.2, 0.25) is 0 Å². The van der Waals surface area contributed by atoms with Gasteiger partial charge in [-0.25, -0.2) is 0 Å². The number of aryl methyl sites for hydroxylation is 1. The maximum absolute atomic E-state index is 12.3. The zero-order chi connectivity index (χ0) is 14.8.